The van der Waals surface area contributed by atoms with Crippen LogP contribution in [-0.2, 0) is 22.6 Å². The first kappa shape index (κ1) is 20.4. The highest BCUT2D eigenvalue weighted by Gasteiger charge is 2.38. The SMILES string of the molecule is CCc1nccn1CC1CCN(C(=O)C2CC(=O)N(c3ccc(OC)cc3)C2)CC1. The number of piperidine rings is 1. The Morgan fingerprint density at radius 3 is 2.60 bits per heavy atom. The molecule has 0 N–H and O–H groups in total. The first-order valence-electron chi connectivity index (χ1n) is 10.8. The highest BCUT2D eigenvalue weighted by atomic mass is 16.5. The third-order valence-corrected chi connectivity index (χ3v) is 6.36. The average molecular weight is 411 g/mol. The number of anilines is 1. The predicted octanol–water partition coefficient (Wildman–Crippen LogP) is 2.75. The molecule has 0 spiro atoms. The molecule has 2 fully saturated rings. The molecule has 1 unspecified atom stereocenters. The van der Waals surface area contributed by atoms with Gasteiger partial charge in [0, 0.05) is 57.1 Å². The number of likely N-dealkylation sites (tertiary alicyclic amines) is 1. The van der Waals surface area contributed by atoms with Gasteiger partial charge in [-0.25, -0.2) is 4.98 Å². The molecule has 3 heterocycles. The van der Waals surface area contributed by atoms with Crippen LogP contribution in [0.5, 0.6) is 5.75 Å². The van der Waals surface area contributed by atoms with Crippen molar-refractivity contribution in [1.29, 1.82) is 0 Å². The van der Waals surface area contributed by atoms with Gasteiger partial charge in [0.15, 0.2) is 0 Å². The van der Waals surface area contributed by atoms with Crippen molar-refractivity contribution in [3.8, 4) is 5.75 Å². The van der Waals surface area contributed by atoms with Crippen LogP contribution in [0.15, 0.2) is 36.7 Å². The second-order valence-corrected chi connectivity index (χ2v) is 8.22. The molecule has 30 heavy (non-hydrogen) atoms. The molecule has 1 aromatic carbocycles. The summed E-state index contributed by atoms with van der Waals surface area (Å²) in [7, 11) is 1.62. The number of hydrogen-bond acceptors (Lipinski definition) is 4. The summed E-state index contributed by atoms with van der Waals surface area (Å²) in [5.41, 5.74) is 0.821. The topological polar surface area (TPSA) is 67.7 Å². The maximum atomic E-state index is 13.1. The van der Waals surface area contributed by atoms with Gasteiger partial charge in [0.25, 0.3) is 0 Å². The van der Waals surface area contributed by atoms with Crippen molar-refractivity contribution < 1.29 is 14.3 Å². The Balaban J connectivity index is 1.31. The molecule has 0 aliphatic carbocycles. The smallest absolute Gasteiger partial charge is 0.228 e. The monoisotopic (exact) mass is 410 g/mol. The van der Waals surface area contributed by atoms with Gasteiger partial charge in [-0.3, -0.25) is 9.59 Å². The van der Waals surface area contributed by atoms with Crippen molar-refractivity contribution in [3.05, 3.63) is 42.5 Å². The Hall–Kier alpha value is -2.83. The number of aromatic nitrogens is 2. The van der Waals surface area contributed by atoms with E-state index >= 15 is 0 Å². The summed E-state index contributed by atoms with van der Waals surface area (Å²) in [4.78, 5) is 33.7. The first-order valence-corrected chi connectivity index (χ1v) is 10.8. The molecule has 0 bridgehead atoms. The van der Waals surface area contributed by atoms with Crippen LogP contribution in [0.1, 0.15) is 32.0 Å². The largest absolute Gasteiger partial charge is 0.497 e. The van der Waals surface area contributed by atoms with Gasteiger partial charge >= 0.3 is 0 Å². The molecule has 1 aromatic heterocycles. The van der Waals surface area contributed by atoms with E-state index in [-0.39, 0.29) is 17.7 Å². The zero-order valence-corrected chi connectivity index (χ0v) is 17.8. The summed E-state index contributed by atoms with van der Waals surface area (Å²) in [5.74, 6) is 2.32. The number of nitrogens with zero attached hydrogens (tertiary/aromatic N) is 4. The van der Waals surface area contributed by atoms with E-state index in [2.05, 4.69) is 16.5 Å². The van der Waals surface area contributed by atoms with E-state index in [1.807, 2.05) is 41.6 Å². The molecule has 0 radical (unpaired) electrons. The number of carbonyl (C=O) groups excluding carboxylic acids is 2. The summed E-state index contributed by atoms with van der Waals surface area (Å²) in [6.07, 6.45) is 7.13. The Bertz CT molecular complexity index is 884. The molecule has 160 valence electrons. The summed E-state index contributed by atoms with van der Waals surface area (Å²) < 4.78 is 7.42. The molecule has 0 saturated carbocycles. The average Bonchev–Trinajstić information content (AvgIpc) is 3.40. The van der Waals surface area contributed by atoms with Crippen molar-refractivity contribution in [2.24, 2.45) is 11.8 Å². The zero-order valence-electron chi connectivity index (χ0n) is 17.8. The molecule has 2 amide bonds. The van der Waals surface area contributed by atoms with Crippen LogP contribution in [0.2, 0.25) is 0 Å². The molecule has 2 aromatic rings. The van der Waals surface area contributed by atoms with E-state index in [0.717, 1.165) is 56.2 Å². The van der Waals surface area contributed by atoms with E-state index in [9.17, 15) is 9.59 Å². The maximum Gasteiger partial charge on any atom is 0.228 e. The number of imidazole rings is 1. The fraction of sp³-hybridized carbons (Fsp3) is 0.522. The lowest BCUT2D eigenvalue weighted by atomic mass is 9.95. The van der Waals surface area contributed by atoms with Crippen LogP contribution in [0.25, 0.3) is 0 Å². The van der Waals surface area contributed by atoms with Gasteiger partial charge in [0.2, 0.25) is 11.8 Å². The lowest BCUT2D eigenvalue weighted by Crippen LogP contribution is -2.43. The molecule has 2 saturated heterocycles. The molecule has 2 aliphatic heterocycles. The van der Waals surface area contributed by atoms with Crippen LogP contribution >= 0.6 is 0 Å². The molecule has 7 nitrogen and oxygen atoms in total. The van der Waals surface area contributed by atoms with Crippen LogP contribution in [0.4, 0.5) is 5.69 Å². The molecule has 2 aliphatic rings. The summed E-state index contributed by atoms with van der Waals surface area (Å²) in [6, 6.07) is 7.42. The minimum absolute atomic E-state index is 0.0144. The van der Waals surface area contributed by atoms with Crippen LogP contribution in [0, 0.1) is 11.8 Å². The van der Waals surface area contributed by atoms with Gasteiger partial charge in [0.1, 0.15) is 11.6 Å². The van der Waals surface area contributed by atoms with Crippen molar-refractivity contribution in [3.63, 3.8) is 0 Å². The molecule has 7 heteroatoms. The number of methoxy groups -OCH3 is 1. The Labute approximate surface area is 177 Å². The van der Waals surface area contributed by atoms with Gasteiger partial charge in [-0.15, -0.1) is 0 Å². The first-order chi connectivity index (χ1) is 14.6. The third-order valence-electron chi connectivity index (χ3n) is 6.36. The predicted molar refractivity (Wildman–Crippen MR) is 114 cm³/mol. The number of rotatable bonds is 6. The van der Waals surface area contributed by atoms with Gasteiger partial charge in [-0.2, -0.15) is 0 Å². The number of benzene rings is 1. The molecule has 1 atom stereocenters. The van der Waals surface area contributed by atoms with Crippen molar-refractivity contribution in [2.75, 3.05) is 31.6 Å². The molecular weight excluding hydrogens is 380 g/mol. The van der Waals surface area contributed by atoms with Gasteiger partial charge in [-0.1, -0.05) is 6.92 Å². The van der Waals surface area contributed by atoms with Gasteiger partial charge in [0.05, 0.1) is 13.0 Å². The maximum absolute atomic E-state index is 13.1. The van der Waals surface area contributed by atoms with Crippen molar-refractivity contribution in [1.82, 2.24) is 14.5 Å². The van der Waals surface area contributed by atoms with Gasteiger partial charge in [-0.05, 0) is 43.0 Å². The Morgan fingerprint density at radius 1 is 1.20 bits per heavy atom. The fourth-order valence-electron chi connectivity index (χ4n) is 4.58. The van der Waals surface area contributed by atoms with E-state index < -0.39 is 0 Å². The Morgan fingerprint density at radius 2 is 1.93 bits per heavy atom. The second kappa shape index (κ2) is 8.90. The third kappa shape index (κ3) is 4.20. The highest BCUT2D eigenvalue weighted by Crippen LogP contribution is 2.29. The number of ether oxygens (including phenoxy) is 1. The van der Waals surface area contributed by atoms with Gasteiger partial charge < -0.3 is 19.1 Å². The standard InChI is InChI=1S/C23H30N4O3/c1-3-21-24-10-13-26(21)15-17-8-11-25(12-9-17)23(29)18-14-22(28)27(16-18)19-4-6-20(30-2)7-5-19/h4-7,10,13,17-18H,3,8-9,11-12,14-16H2,1-2H3. The molecule has 4 rings (SSSR count). The minimum Gasteiger partial charge on any atom is -0.497 e. The summed E-state index contributed by atoms with van der Waals surface area (Å²) in [5, 5.41) is 0. The van der Waals surface area contributed by atoms with E-state index in [1.165, 1.54) is 0 Å². The van der Waals surface area contributed by atoms with E-state index in [4.69, 9.17) is 4.74 Å². The quantitative estimate of drug-likeness (QED) is 0.734. The number of amides is 2. The number of carbonyl (C=O) groups is 2. The van der Waals surface area contributed by atoms with Crippen molar-refractivity contribution in [2.45, 2.75) is 39.2 Å². The van der Waals surface area contributed by atoms with Crippen LogP contribution < -0.4 is 9.64 Å². The Kier molecular flexibility index (Phi) is 6.06. The summed E-state index contributed by atoms with van der Waals surface area (Å²) >= 11 is 0. The van der Waals surface area contributed by atoms with Crippen LogP contribution in [0.3, 0.4) is 0 Å². The highest BCUT2D eigenvalue weighted by molar-refractivity contribution is 6.00. The van der Waals surface area contributed by atoms with E-state index in [0.29, 0.717) is 18.9 Å². The van der Waals surface area contributed by atoms with E-state index in [1.54, 1.807) is 12.0 Å². The zero-order chi connectivity index (χ0) is 21.1. The van der Waals surface area contributed by atoms with Crippen molar-refractivity contribution >= 4 is 17.5 Å². The second-order valence-electron chi connectivity index (χ2n) is 8.22. The van der Waals surface area contributed by atoms with Crippen LogP contribution in [-0.4, -0.2) is 53.0 Å². The normalized spacial score (nSPS) is 20.1. The molecular formula is C23H30N4O3. The number of hydrogen-bond donors (Lipinski definition) is 0. The lowest BCUT2D eigenvalue weighted by Gasteiger charge is -2.33. The number of aryl methyl sites for hydroxylation is 1. The fourth-order valence-corrected chi connectivity index (χ4v) is 4.58. The minimum atomic E-state index is -0.253. The lowest BCUT2D eigenvalue weighted by molar-refractivity contribution is -0.137. The summed E-state index contributed by atoms with van der Waals surface area (Å²) in [6.45, 7) is 5.09.